The Hall–Kier alpha value is -2.37. The SMILES string of the molecule is CCn1c2c(c3cccnc31)CCN(C(=O)CCCC(=O)O)C2. The van der Waals surface area contributed by atoms with Crippen molar-refractivity contribution in [2.24, 2.45) is 0 Å². The molecule has 0 radical (unpaired) electrons. The van der Waals surface area contributed by atoms with Crippen LogP contribution >= 0.6 is 0 Å². The zero-order valence-electron chi connectivity index (χ0n) is 13.3. The van der Waals surface area contributed by atoms with Gasteiger partial charge in [-0.05, 0) is 37.5 Å². The lowest BCUT2D eigenvalue weighted by molar-refractivity contribution is -0.137. The molecule has 1 aliphatic rings. The molecule has 3 heterocycles. The molecular weight excluding hydrogens is 294 g/mol. The van der Waals surface area contributed by atoms with Crippen molar-refractivity contribution in [3.63, 3.8) is 0 Å². The van der Waals surface area contributed by atoms with Crippen molar-refractivity contribution in [2.45, 2.75) is 45.7 Å². The second-order valence-corrected chi connectivity index (χ2v) is 5.86. The fraction of sp³-hybridized carbons (Fsp3) is 0.471. The predicted molar refractivity (Wildman–Crippen MR) is 86.0 cm³/mol. The van der Waals surface area contributed by atoms with Crippen LogP contribution in [0.25, 0.3) is 11.0 Å². The number of aliphatic carboxylic acids is 1. The first-order valence-electron chi connectivity index (χ1n) is 8.06. The summed E-state index contributed by atoms with van der Waals surface area (Å²) in [4.78, 5) is 29.2. The Kier molecular flexibility index (Phi) is 4.32. The average Bonchev–Trinajstić information content (AvgIpc) is 2.87. The maximum atomic E-state index is 12.3. The number of aryl methyl sites for hydroxylation is 1. The molecule has 2 aromatic heterocycles. The molecule has 3 rings (SSSR count). The molecule has 2 aromatic rings. The highest BCUT2D eigenvalue weighted by atomic mass is 16.4. The summed E-state index contributed by atoms with van der Waals surface area (Å²) in [5, 5.41) is 9.86. The molecule has 0 spiro atoms. The van der Waals surface area contributed by atoms with Gasteiger partial charge in [0.25, 0.3) is 0 Å². The predicted octanol–water partition coefficient (Wildman–Crippen LogP) is 2.20. The maximum absolute atomic E-state index is 12.3. The van der Waals surface area contributed by atoms with Crippen LogP contribution in [0.5, 0.6) is 0 Å². The summed E-state index contributed by atoms with van der Waals surface area (Å²) < 4.78 is 2.18. The lowest BCUT2D eigenvalue weighted by Crippen LogP contribution is -2.36. The Balaban J connectivity index is 1.80. The Morgan fingerprint density at radius 1 is 1.35 bits per heavy atom. The molecule has 23 heavy (non-hydrogen) atoms. The number of carboxylic acid groups (broad SMARTS) is 1. The summed E-state index contributed by atoms with van der Waals surface area (Å²) >= 11 is 0. The fourth-order valence-corrected chi connectivity index (χ4v) is 3.36. The minimum absolute atomic E-state index is 0.0396. The summed E-state index contributed by atoms with van der Waals surface area (Å²) in [5.41, 5.74) is 3.45. The Labute approximate surface area is 134 Å². The number of rotatable bonds is 5. The zero-order chi connectivity index (χ0) is 16.4. The molecule has 6 heteroatoms. The molecule has 1 N–H and O–H groups in total. The fourth-order valence-electron chi connectivity index (χ4n) is 3.36. The van der Waals surface area contributed by atoms with E-state index in [4.69, 9.17) is 5.11 Å². The van der Waals surface area contributed by atoms with Crippen molar-refractivity contribution < 1.29 is 14.7 Å². The normalized spacial score (nSPS) is 14.0. The Morgan fingerprint density at radius 3 is 2.91 bits per heavy atom. The van der Waals surface area contributed by atoms with E-state index in [2.05, 4.69) is 22.5 Å². The van der Waals surface area contributed by atoms with E-state index in [1.165, 1.54) is 16.6 Å². The number of pyridine rings is 1. The van der Waals surface area contributed by atoms with E-state index in [-0.39, 0.29) is 12.3 Å². The summed E-state index contributed by atoms with van der Waals surface area (Å²) in [7, 11) is 0. The molecule has 0 unspecified atom stereocenters. The molecular formula is C17H21N3O3. The molecule has 0 saturated heterocycles. The molecule has 1 amide bonds. The second-order valence-electron chi connectivity index (χ2n) is 5.86. The number of fused-ring (bicyclic) bond motifs is 3. The van der Waals surface area contributed by atoms with Gasteiger partial charge in [-0.15, -0.1) is 0 Å². The van der Waals surface area contributed by atoms with Gasteiger partial charge in [0.15, 0.2) is 0 Å². The largest absolute Gasteiger partial charge is 0.481 e. The summed E-state index contributed by atoms with van der Waals surface area (Å²) in [5.74, 6) is -0.811. The number of hydrogen-bond donors (Lipinski definition) is 1. The molecule has 0 saturated carbocycles. The van der Waals surface area contributed by atoms with Gasteiger partial charge in [0.05, 0.1) is 6.54 Å². The molecule has 122 valence electrons. The van der Waals surface area contributed by atoms with Gasteiger partial charge in [-0.2, -0.15) is 0 Å². The third-order valence-electron chi connectivity index (χ3n) is 4.46. The first-order chi connectivity index (χ1) is 11.1. The van der Waals surface area contributed by atoms with E-state index in [9.17, 15) is 9.59 Å². The van der Waals surface area contributed by atoms with Gasteiger partial charge < -0.3 is 14.6 Å². The zero-order valence-corrected chi connectivity index (χ0v) is 13.3. The number of amides is 1. The minimum Gasteiger partial charge on any atom is -0.481 e. The van der Waals surface area contributed by atoms with Gasteiger partial charge in [-0.3, -0.25) is 9.59 Å². The second kappa shape index (κ2) is 6.40. The number of carboxylic acids is 1. The first-order valence-corrected chi connectivity index (χ1v) is 8.06. The van der Waals surface area contributed by atoms with Crippen LogP contribution in [0.15, 0.2) is 18.3 Å². The number of hydrogen-bond acceptors (Lipinski definition) is 3. The number of carbonyl (C=O) groups excluding carboxylic acids is 1. The van der Waals surface area contributed by atoms with Crippen LogP contribution < -0.4 is 0 Å². The Bertz CT molecular complexity index is 718. The molecule has 0 fully saturated rings. The van der Waals surface area contributed by atoms with Crippen LogP contribution in [0.1, 0.15) is 37.4 Å². The highest BCUT2D eigenvalue weighted by Gasteiger charge is 2.26. The van der Waals surface area contributed by atoms with Crippen molar-refractivity contribution in [3.05, 3.63) is 29.6 Å². The van der Waals surface area contributed by atoms with Crippen molar-refractivity contribution in [1.29, 1.82) is 0 Å². The standard InChI is InChI=1S/C17H21N3O3/c1-2-20-14-11-19(15(21)6-3-7-16(22)23)10-8-12(14)13-5-4-9-18-17(13)20/h4-5,9H,2-3,6-8,10-11H2,1H3,(H,22,23). The van der Waals surface area contributed by atoms with Crippen LogP contribution in [0, 0.1) is 0 Å². The molecule has 0 bridgehead atoms. The van der Waals surface area contributed by atoms with E-state index < -0.39 is 5.97 Å². The summed E-state index contributed by atoms with van der Waals surface area (Å²) in [6.07, 6.45) is 3.37. The van der Waals surface area contributed by atoms with E-state index >= 15 is 0 Å². The van der Waals surface area contributed by atoms with Crippen molar-refractivity contribution in [1.82, 2.24) is 14.5 Å². The van der Waals surface area contributed by atoms with Crippen LogP contribution in [0.4, 0.5) is 0 Å². The van der Waals surface area contributed by atoms with Crippen molar-refractivity contribution >= 4 is 22.9 Å². The van der Waals surface area contributed by atoms with E-state index in [1.54, 1.807) is 6.20 Å². The smallest absolute Gasteiger partial charge is 0.303 e. The van der Waals surface area contributed by atoms with Gasteiger partial charge in [-0.1, -0.05) is 0 Å². The molecule has 1 aliphatic heterocycles. The molecule has 0 aromatic carbocycles. The van der Waals surface area contributed by atoms with Gasteiger partial charge in [0.2, 0.25) is 5.91 Å². The monoisotopic (exact) mass is 315 g/mol. The molecule has 6 nitrogen and oxygen atoms in total. The quantitative estimate of drug-likeness (QED) is 0.918. The van der Waals surface area contributed by atoms with E-state index in [0.29, 0.717) is 25.9 Å². The van der Waals surface area contributed by atoms with Gasteiger partial charge in [-0.25, -0.2) is 4.98 Å². The third kappa shape index (κ3) is 2.93. The first kappa shape index (κ1) is 15.5. The van der Waals surface area contributed by atoms with Crippen molar-refractivity contribution in [2.75, 3.05) is 6.54 Å². The number of aromatic nitrogens is 2. The third-order valence-corrected chi connectivity index (χ3v) is 4.46. The summed E-state index contributed by atoms with van der Waals surface area (Å²) in [6, 6.07) is 4.05. The number of nitrogens with zero attached hydrogens (tertiary/aromatic N) is 3. The van der Waals surface area contributed by atoms with Crippen LogP contribution in [0.2, 0.25) is 0 Å². The molecule has 0 aliphatic carbocycles. The van der Waals surface area contributed by atoms with E-state index in [0.717, 1.165) is 18.6 Å². The highest BCUT2D eigenvalue weighted by molar-refractivity contribution is 5.84. The van der Waals surface area contributed by atoms with E-state index in [1.807, 2.05) is 11.0 Å². The van der Waals surface area contributed by atoms with Crippen molar-refractivity contribution in [3.8, 4) is 0 Å². The summed E-state index contributed by atoms with van der Waals surface area (Å²) in [6.45, 7) is 4.19. The Morgan fingerprint density at radius 2 is 2.17 bits per heavy atom. The minimum atomic E-state index is -0.851. The lowest BCUT2D eigenvalue weighted by Gasteiger charge is -2.28. The topological polar surface area (TPSA) is 75.4 Å². The lowest BCUT2D eigenvalue weighted by atomic mass is 10.0. The van der Waals surface area contributed by atoms with Gasteiger partial charge in [0.1, 0.15) is 5.65 Å². The van der Waals surface area contributed by atoms with Crippen LogP contribution in [-0.2, 0) is 29.1 Å². The van der Waals surface area contributed by atoms with Gasteiger partial charge in [0, 0.05) is 43.2 Å². The van der Waals surface area contributed by atoms with Gasteiger partial charge >= 0.3 is 5.97 Å². The van der Waals surface area contributed by atoms with Crippen LogP contribution in [-0.4, -0.2) is 38.0 Å². The van der Waals surface area contributed by atoms with Crippen LogP contribution in [0.3, 0.4) is 0 Å². The average molecular weight is 315 g/mol. The maximum Gasteiger partial charge on any atom is 0.303 e. The highest BCUT2D eigenvalue weighted by Crippen LogP contribution is 2.29. The number of carbonyl (C=O) groups is 2. The molecule has 0 atom stereocenters.